The zero-order chi connectivity index (χ0) is 7.98. The SMILES string of the molecule is CCCC(CO)CN(C)N. The van der Waals surface area contributed by atoms with Crippen molar-refractivity contribution in [1.29, 1.82) is 0 Å². The van der Waals surface area contributed by atoms with Gasteiger partial charge in [0.25, 0.3) is 0 Å². The van der Waals surface area contributed by atoms with E-state index in [9.17, 15) is 0 Å². The molecular formula is C7H18N2O. The molecule has 62 valence electrons. The van der Waals surface area contributed by atoms with Crippen molar-refractivity contribution in [2.75, 3.05) is 20.2 Å². The molecular weight excluding hydrogens is 128 g/mol. The lowest BCUT2D eigenvalue weighted by atomic mass is 10.1. The standard InChI is InChI=1S/C7H18N2O/c1-3-4-7(6-10)5-9(2)8/h7,10H,3-6,8H2,1-2H3. The molecule has 0 radical (unpaired) electrons. The molecule has 0 spiro atoms. The van der Waals surface area contributed by atoms with Crippen molar-refractivity contribution in [3.8, 4) is 0 Å². The molecule has 0 amide bonds. The fraction of sp³-hybridized carbons (Fsp3) is 1.00. The number of aliphatic hydroxyl groups excluding tert-OH is 1. The molecule has 0 aliphatic rings. The van der Waals surface area contributed by atoms with E-state index in [1.54, 1.807) is 5.01 Å². The lowest BCUT2D eigenvalue weighted by Gasteiger charge is -2.17. The van der Waals surface area contributed by atoms with Crippen LogP contribution in [0.3, 0.4) is 0 Å². The molecule has 0 aromatic rings. The summed E-state index contributed by atoms with van der Waals surface area (Å²) in [6.07, 6.45) is 2.16. The first-order valence-electron chi connectivity index (χ1n) is 3.77. The van der Waals surface area contributed by atoms with Gasteiger partial charge < -0.3 is 5.11 Å². The van der Waals surface area contributed by atoms with Crippen molar-refractivity contribution in [3.05, 3.63) is 0 Å². The largest absolute Gasteiger partial charge is 0.396 e. The van der Waals surface area contributed by atoms with E-state index in [1.165, 1.54) is 0 Å². The second-order valence-electron chi connectivity index (χ2n) is 2.78. The Bertz CT molecular complexity index is 76.0. The molecule has 0 fully saturated rings. The van der Waals surface area contributed by atoms with Crippen molar-refractivity contribution in [2.45, 2.75) is 19.8 Å². The second kappa shape index (κ2) is 5.65. The highest BCUT2D eigenvalue weighted by Crippen LogP contribution is 2.04. The van der Waals surface area contributed by atoms with Crippen molar-refractivity contribution in [3.63, 3.8) is 0 Å². The summed E-state index contributed by atoms with van der Waals surface area (Å²) in [4.78, 5) is 0. The van der Waals surface area contributed by atoms with Crippen LogP contribution in [-0.4, -0.2) is 30.3 Å². The van der Waals surface area contributed by atoms with Gasteiger partial charge in [0.15, 0.2) is 0 Å². The minimum atomic E-state index is 0.245. The number of hydrazine groups is 1. The maximum Gasteiger partial charge on any atom is 0.0472 e. The van der Waals surface area contributed by atoms with Crippen molar-refractivity contribution >= 4 is 0 Å². The van der Waals surface area contributed by atoms with E-state index in [0.717, 1.165) is 19.4 Å². The maximum atomic E-state index is 8.82. The molecule has 3 nitrogen and oxygen atoms in total. The molecule has 1 atom stereocenters. The van der Waals surface area contributed by atoms with Crippen LogP contribution in [0.4, 0.5) is 0 Å². The smallest absolute Gasteiger partial charge is 0.0472 e. The maximum absolute atomic E-state index is 8.82. The highest BCUT2D eigenvalue weighted by atomic mass is 16.3. The van der Waals surface area contributed by atoms with Gasteiger partial charge in [-0.05, 0) is 12.3 Å². The molecule has 3 N–H and O–H groups in total. The van der Waals surface area contributed by atoms with Crippen LogP contribution >= 0.6 is 0 Å². The first-order chi connectivity index (χ1) is 4.70. The molecule has 10 heavy (non-hydrogen) atoms. The zero-order valence-electron chi connectivity index (χ0n) is 6.88. The minimum Gasteiger partial charge on any atom is -0.396 e. The number of aliphatic hydroxyl groups is 1. The number of nitrogens with zero attached hydrogens (tertiary/aromatic N) is 1. The number of rotatable bonds is 5. The van der Waals surface area contributed by atoms with Gasteiger partial charge in [-0.25, -0.2) is 5.01 Å². The first kappa shape index (κ1) is 9.88. The van der Waals surface area contributed by atoms with Gasteiger partial charge in [0, 0.05) is 20.2 Å². The van der Waals surface area contributed by atoms with Crippen LogP contribution in [0.25, 0.3) is 0 Å². The Balaban J connectivity index is 3.39. The Kier molecular flexibility index (Phi) is 5.58. The minimum absolute atomic E-state index is 0.245. The lowest BCUT2D eigenvalue weighted by Crippen LogP contribution is -2.33. The van der Waals surface area contributed by atoms with E-state index in [-0.39, 0.29) is 6.61 Å². The number of hydrogen-bond donors (Lipinski definition) is 2. The van der Waals surface area contributed by atoms with Crippen molar-refractivity contribution in [2.24, 2.45) is 11.8 Å². The van der Waals surface area contributed by atoms with Crippen LogP contribution in [0, 0.1) is 5.92 Å². The van der Waals surface area contributed by atoms with Crippen LogP contribution in [0.15, 0.2) is 0 Å². The lowest BCUT2D eigenvalue weighted by molar-refractivity contribution is 0.173. The highest BCUT2D eigenvalue weighted by Gasteiger charge is 2.06. The average molecular weight is 146 g/mol. The topological polar surface area (TPSA) is 49.5 Å². The molecule has 0 saturated heterocycles. The molecule has 0 saturated carbocycles. The second-order valence-corrected chi connectivity index (χ2v) is 2.78. The molecule has 0 aromatic carbocycles. The summed E-state index contributed by atoms with van der Waals surface area (Å²) in [6.45, 7) is 3.14. The average Bonchev–Trinajstić information content (AvgIpc) is 1.86. The van der Waals surface area contributed by atoms with E-state index < -0.39 is 0 Å². The first-order valence-corrected chi connectivity index (χ1v) is 3.77. The monoisotopic (exact) mass is 146 g/mol. The summed E-state index contributed by atoms with van der Waals surface area (Å²) >= 11 is 0. The third kappa shape index (κ3) is 4.73. The number of nitrogens with two attached hydrogens (primary N) is 1. The van der Waals surface area contributed by atoms with Crippen LogP contribution in [0.2, 0.25) is 0 Å². The third-order valence-electron chi connectivity index (χ3n) is 1.50. The molecule has 0 aromatic heterocycles. The quantitative estimate of drug-likeness (QED) is 0.430. The van der Waals surface area contributed by atoms with E-state index in [0.29, 0.717) is 5.92 Å². The summed E-state index contributed by atoms with van der Waals surface area (Å²) in [6, 6.07) is 0. The molecule has 3 heteroatoms. The molecule has 0 aliphatic carbocycles. The van der Waals surface area contributed by atoms with Crippen LogP contribution in [0.1, 0.15) is 19.8 Å². The van der Waals surface area contributed by atoms with Gasteiger partial charge in [-0.3, -0.25) is 5.84 Å². The van der Waals surface area contributed by atoms with Gasteiger partial charge in [-0.15, -0.1) is 0 Å². The number of hydrogen-bond acceptors (Lipinski definition) is 3. The Labute approximate surface area is 62.8 Å². The van der Waals surface area contributed by atoms with E-state index >= 15 is 0 Å². The fourth-order valence-corrected chi connectivity index (χ4v) is 1.06. The van der Waals surface area contributed by atoms with Crippen molar-refractivity contribution in [1.82, 2.24) is 5.01 Å². The van der Waals surface area contributed by atoms with Crippen LogP contribution in [0.5, 0.6) is 0 Å². The van der Waals surface area contributed by atoms with E-state index in [4.69, 9.17) is 10.9 Å². The molecule has 0 rings (SSSR count). The Morgan fingerprint density at radius 1 is 1.60 bits per heavy atom. The Hall–Kier alpha value is -0.120. The van der Waals surface area contributed by atoms with E-state index in [2.05, 4.69) is 6.92 Å². The van der Waals surface area contributed by atoms with Gasteiger partial charge >= 0.3 is 0 Å². The molecule has 0 aliphatic heterocycles. The van der Waals surface area contributed by atoms with Gasteiger partial charge in [-0.1, -0.05) is 13.3 Å². The van der Waals surface area contributed by atoms with Gasteiger partial charge in [0.05, 0.1) is 0 Å². The normalized spacial score (nSPS) is 14.1. The van der Waals surface area contributed by atoms with E-state index in [1.807, 2.05) is 7.05 Å². The summed E-state index contributed by atoms with van der Waals surface area (Å²) in [5.74, 6) is 5.77. The predicted octanol–water partition coefficient (Wildman–Crippen LogP) is 0.201. The summed E-state index contributed by atoms with van der Waals surface area (Å²) < 4.78 is 0. The summed E-state index contributed by atoms with van der Waals surface area (Å²) in [7, 11) is 1.82. The molecule has 1 unspecified atom stereocenters. The highest BCUT2D eigenvalue weighted by molar-refractivity contribution is 4.58. The molecule has 0 heterocycles. The van der Waals surface area contributed by atoms with Gasteiger partial charge in [0.2, 0.25) is 0 Å². The third-order valence-corrected chi connectivity index (χ3v) is 1.50. The zero-order valence-corrected chi connectivity index (χ0v) is 6.88. The Morgan fingerprint density at radius 3 is 2.50 bits per heavy atom. The van der Waals surface area contributed by atoms with Gasteiger partial charge in [0.1, 0.15) is 0 Å². The van der Waals surface area contributed by atoms with Crippen LogP contribution in [-0.2, 0) is 0 Å². The van der Waals surface area contributed by atoms with Crippen molar-refractivity contribution < 1.29 is 5.11 Å². The summed E-state index contributed by atoms with van der Waals surface area (Å²) in [5.41, 5.74) is 0. The summed E-state index contributed by atoms with van der Waals surface area (Å²) in [5, 5.41) is 10.4. The van der Waals surface area contributed by atoms with Crippen LogP contribution < -0.4 is 5.84 Å². The Morgan fingerprint density at radius 2 is 2.20 bits per heavy atom. The fourth-order valence-electron chi connectivity index (χ4n) is 1.06. The predicted molar refractivity (Wildman–Crippen MR) is 42.3 cm³/mol. The van der Waals surface area contributed by atoms with Gasteiger partial charge in [-0.2, -0.15) is 0 Å². The molecule has 0 bridgehead atoms.